The standard InChI is InChI=1S/C19H22O2SSe/c1-3-4-8-19(23-18-9-6-5-7-10-18)15-22(20,21)17-13-11-16(2)12-14-17/h5-14H,3-4,15H2,1-2H3/b19-8-. The number of benzene rings is 2. The minimum absolute atomic E-state index is 0.0498. The van der Waals surface area contributed by atoms with Gasteiger partial charge in [0, 0.05) is 0 Å². The normalized spacial score (nSPS) is 12.3. The SMILES string of the molecule is CCC/C=C(/CS(=O)(=O)c1ccc(C)cc1)[Se]c1ccccc1. The van der Waals surface area contributed by atoms with Crippen molar-refractivity contribution in [3.05, 3.63) is 70.7 Å². The Morgan fingerprint density at radius 2 is 1.70 bits per heavy atom. The molecule has 0 bridgehead atoms. The summed E-state index contributed by atoms with van der Waals surface area (Å²) in [5.74, 6) is 0.116. The molecule has 0 aliphatic rings. The van der Waals surface area contributed by atoms with E-state index in [0.717, 1.165) is 22.9 Å². The van der Waals surface area contributed by atoms with Crippen LogP contribution in [0.2, 0.25) is 0 Å². The summed E-state index contributed by atoms with van der Waals surface area (Å²) in [6.07, 6.45) is 4.06. The number of hydrogen-bond donors (Lipinski definition) is 0. The maximum absolute atomic E-state index is 12.7. The van der Waals surface area contributed by atoms with E-state index in [1.54, 1.807) is 12.1 Å². The summed E-state index contributed by atoms with van der Waals surface area (Å²) in [5, 5.41) is 0. The zero-order valence-electron chi connectivity index (χ0n) is 13.5. The molecule has 2 aromatic rings. The first kappa shape index (κ1) is 18.0. The first-order valence-electron chi connectivity index (χ1n) is 7.72. The van der Waals surface area contributed by atoms with Crippen LogP contribution in [0.5, 0.6) is 0 Å². The van der Waals surface area contributed by atoms with E-state index in [0.29, 0.717) is 4.90 Å². The summed E-state index contributed by atoms with van der Waals surface area (Å²) in [5.41, 5.74) is 1.07. The summed E-state index contributed by atoms with van der Waals surface area (Å²) >= 11 is 0.0498. The molecule has 0 radical (unpaired) electrons. The number of sulfone groups is 1. The number of hydrogen-bond acceptors (Lipinski definition) is 2. The van der Waals surface area contributed by atoms with Gasteiger partial charge in [-0.3, -0.25) is 0 Å². The molecule has 0 aliphatic carbocycles. The fourth-order valence-electron chi connectivity index (χ4n) is 2.09. The number of aryl methyl sites for hydroxylation is 1. The van der Waals surface area contributed by atoms with Crippen LogP contribution >= 0.6 is 0 Å². The first-order chi connectivity index (χ1) is 11.0. The Hall–Kier alpha value is -1.35. The number of rotatable bonds is 7. The van der Waals surface area contributed by atoms with Crippen molar-refractivity contribution in [3.8, 4) is 0 Å². The molecule has 0 saturated heterocycles. The predicted molar refractivity (Wildman–Crippen MR) is 98.1 cm³/mol. The van der Waals surface area contributed by atoms with E-state index in [9.17, 15) is 8.42 Å². The van der Waals surface area contributed by atoms with Gasteiger partial charge >= 0.3 is 146 Å². The first-order valence-corrected chi connectivity index (χ1v) is 11.1. The summed E-state index contributed by atoms with van der Waals surface area (Å²) in [4.78, 5) is 0.411. The Balaban J connectivity index is 2.21. The van der Waals surface area contributed by atoms with Gasteiger partial charge in [-0.25, -0.2) is 0 Å². The molecule has 2 nitrogen and oxygen atoms in total. The second-order valence-corrected chi connectivity index (χ2v) is 9.95. The van der Waals surface area contributed by atoms with E-state index < -0.39 is 9.84 Å². The van der Waals surface area contributed by atoms with Crippen molar-refractivity contribution in [2.45, 2.75) is 31.6 Å². The third-order valence-corrected chi connectivity index (χ3v) is 7.73. The summed E-state index contributed by atoms with van der Waals surface area (Å²) in [6.45, 7) is 4.07. The Labute approximate surface area is 145 Å². The van der Waals surface area contributed by atoms with E-state index in [-0.39, 0.29) is 20.7 Å². The molecule has 0 N–H and O–H groups in total. The van der Waals surface area contributed by atoms with Crippen molar-refractivity contribution in [1.82, 2.24) is 0 Å². The van der Waals surface area contributed by atoms with Crippen LogP contribution in [0.1, 0.15) is 25.3 Å². The van der Waals surface area contributed by atoms with Crippen molar-refractivity contribution >= 4 is 29.3 Å². The van der Waals surface area contributed by atoms with Gasteiger partial charge in [-0.05, 0) is 0 Å². The van der Waals surface area contributed by atoms with Crippen LogP contribution in [0.25, 0.3) is 0 Å². The van der Waals surface area contributed by atoms with Crippen LogP contribution < -0.4 is 4.46 Å². The summed E-state index contributed by atoms with van der Waals surface area (Å²) in [6, 6.07) is 17.2. The van der Waals surface area contributed by atoms with Gasteiger partial charge in [-0.1, -0.05) is 0 Å². The molecule has 0 fully saturated rings. The second kappa shape index (κ2) is 8.49. The van der Waals surface area contributed by atoms with E-state index >= 15 is 0 Å². The molecule has 0 saturated carbocycles. The fourth-order valence-corrected chi connectivity index (χ4v) is 6.38. The van der Waals surface area contributed by atoms with Crippen molar-refractivity contribution in [1.29, 1.82) is 0 Å². The number of allylic oxidation sites excluding steroid dienone is 1. The molecule has 0 aliphatic heterocycles. The third-order valence-electron chi connectivity index (χ3n) is 3.37. The Kier molecular flexibility index (Phi) is 6.64. The second-order valence-electron chi connectivity index (χ2n) is 5.45. The quantitative estimate of drug-likeness (QED) is 0.675. The van der Waals surface area contributed by atoms with Crippen LogP contribution in [0, 0.1) is 6.92 Å². The molecular weight excluding hydrogens is 371 g/mol. The van der Waals surface area contributed by atoms with Crippen molar-refractivity contribution < 1.29 is 8.42 Å². The molecule has 122 valence electrons. The van der Waals surface area contributed by atoms with E-state index in [4.69, 9.17) is 0 Å². The zero-order valence-corrected chi connectivity index (χ0v) is 16.1. The van der Waals surface area contributed by atoms with Gasteiger partial charge in [-0.2, -0.15) is 0 Å². The van der Waals surface area contributed by atoms with Crippen LogP contribution in [0.3, 0.4) is 0 Å². The van der Waals surface area contributed by atoms with Crippen molar-refractivity contribution in [2.24, 2.45) is 0 Å². The predicted octanol–water partition coefficient (Wildman–Crippen LogP) is 3.48. The van der Waals surface area contributed by atoms with Crippen molar-refractivity contribution in [3.63, 3.8) is 0 Å². The monoisotopic (exact) mass is 394 g/mol. The molecule has 4 heteroatoms. The Morgan fingerprint density at radius 1 is 1.04 bits per heavy atom. The van der Waals surface area contributed by atoms with Crippen LogP contribution in [0.4, 0.5) is 0 Å². The Morgan fingerprint density at radius 3 is 2.30 bits per heavy atom. The fraction of sp³-hybridized carbons (Fsp3) is 0.263. The minimum atomic E-state index is -3.28. The van der Waals surface area contributed by atoms with E-state index in [1.807, 2.05) is 37.3 Å². The molecule has 0 amide bonds. The molecule has 23 heavy (non-hydrogen) atoms. The van der Waals surface area contributed by atoms with Gasteiger partial charge in [0.2, 0.25) is 0 Å². The molecule has 2 aromatic carbocycles. The molecule has 0 spiro atoms. The van der Waals surface area contributed by atoms with Gasteiger partial charge in [0.25, 0.3) is 0 Å². The topological polar surface area (TPSA) is 34.1 Å². The van der Waals surface area contributed by atoms with Gasteiger partial charge < -0.3 is 0 Å². The van der Waals surface area contributed by atoms with Gasteiger partial charge in [0.15, 0.2) is 0 Å². The molecule has 2 rings (SSSR count). The van der Waals surface area contributed by atoms with Gasteiger partial charge in [-0.15, -0.1) is 0 Å². The average Bonchev–Trinajstić information content (AvgIpc) is 2.54. The number of unbranched alkanes of at least 4 members (excludes halogenated alkanes) is 1. The zero-order chi connectivity index (χ0) is 16.7. The maximum atomic E-state index is 12.7. The molecule has 0 aromatic heterocycles. The summed E-state index contributed by atoms with van der Waals surface area (Å²) < 4.78 is 27.6. The third kappa shape index (κ3) is 5.65. The van der Waals surface area contributed by atoms with Crippen molar-refractivity contribution in [2.75, 3.05) is 5.75 Å². The molecule has 0 heterocycles. The van der Waals surface area contributed by atoms with Gasteiger partial charge in [0.1, 0.15) is 0 Å². The van der Waals surface area contributed by atoms with Crippen LogP contribution in [-0.2, 0) is 9.84 Å². The molecular formula is C19H22O2SSe. The summed E-state index contributed by atoms with van der Waals surface area (Å²) in [7, 11) is -3.28. The van der Waals surface area contributed by atoms with Gasteiger partial charge in [0.05, 0.1) is 0 Å². The molecule has 0 atom stereocenters. The average molecular weight is 393 g/mol. The molecule has 0 unspecified atom stereocenters. The van der Waals surface area contributed by atoms with E-state index in [2.05, 4.69) is 25.1 Å². The van der Waals surface area contributed by atoms with E-state index in [1.165, 1.54) is 4.46 Å². The Bertz CT molecular complexity index is 748. The van der Waals surface area contributed by atoms with Crippen LogP contribution in [-0.4, -0.2) is 29.1 Å². The van der Waals surface area contributed by atoms with Crippen LogP contribution in [0.15, 0.2) is 70.0 Å².